The Hall–Kier alpha value is -5.17. The molecule has 1 aromatic carbocycles. The van der Waals surface area contributed by atoms with Crippen molar-refractivity contribution in [2.24, 2.45) is 4.99 Å². The second kappa shape index (κ2) is 12.1. The zero-order valence-corrected chi connectivity index (χ0v) is 19.8. The Labute approximate surface area is 217 Å². The van der Waals surface area contributed by atoms with E-state index in [0.717, 1.165) is 11.2 Å². The maximum absolute atomic E-state index is 12.4. The number of nitrogens with two attached hydrogens (primary N) is 1. The lowest BCUT2D eigenvalue weighted by molar-refractivity contribution is -0.193. The predicted octanol–water partition coefficient (Wildman–Crippen LogP) is 1.56. The number of anilines is 2. The molecule has 1 aliphatic heterocycles. The molecule has 0 radical (unpaired) electrons. The summed E-state index contributed by atoms with van der Waals surface area (Å²) in [6.45, 7) is 1.28. The molecule has 2 aromatic heterocycles. The number of nitrogen functional groups attached to an aromatic ring is 1. The smallest absolute Gasteiger partial charge is 0.490 e. The van der Waals surface area contributed by atoms with Crippen LogP contribution in [0.25, 0.3) is 10.9 Å². The molecule has 0 bridgehead atoms. The standard InChI is InChI=1S/C16H15N7O3.2C2HF3O2/c1-26-12-10(24)3-2-9-11(12)21-16(23-5-4-18-13(9)23)22-14(25)8-6-19-15(17)20-7-8;2*3-2(4,5)1(6)7/h2-3,6-7,18,24H,4-5H2,1H3,(H2,17,19,20);2*(H,6,7). The molecule has 20 heteroatoms. The first-order valence-corrected chi connectivity index (χ1v) is 10.3. The molecule has 0 atom stereocenters. The largest absolute Gasteiger partial charge is 0.504 e. The van der Waals surface area contributed by atoms with Crippen LogP contribution in [-0.4, -0.2) is 78.7 Å². The number of carboxylic acid groups (broad SMARTS) is 2. The predicted molar refractivity (Wildman–Crippen MR) is 120 cm³/mol. The summed E-state index contributed by atoms with van der Waals surface area (Å²) >= 11 is 0. The minimum Gasteiger partial charge on any atom is -0.504 e. The minimum absolute atomic E-state index is 0.0420. The van der Waals surface area contributed by atoms with E-state index >= 15 is 0 Å². The second-order valence-electron chi connectivity index (χ2n) is 7.21. The number of carbonyl (C=O) groups is 3. The number of hydrogen-bond donors (Lipinski definition) is 5. The van der Waals surface area contributed by atoms with E-state index in [-0.39, 0.29) is 28.6 Å². The highest BCUT2D eigenvalue weighted by Gasteiger charge is 2.38. The van der Waals surface area contributed by atoms with Gasteiger partial charge in [-0.05, 0) is 12.1 Å². The average molecular weight is 581 g/mol. The summed E-state index contributed by atoms with van der Waals surface area (Å²) in [5.41, 5.74) is 6.24. The average Bonchev–Trinajstić information content (AvgIpc) is 3.34. The van der Waals surface area contributed by atoms with E-state index in [1.165, 1.54) is 25.6 Å². The molecular formula is C20H17F6N7O7. The fraction of sp³-hybridized carbons (Fsp3) is 0.250. The number of nitrogens with one attached hydrogen (secondary N) is 1. The van der Waals surface area contributed by atoms with Crippen LogP contribution in [-0.2, 0) is 16.1 Å². The van der Waals surface area contributed by atoms with E-state index in [1.54, 1.807) is 10.6 Å². The maximum atomic E-state index is 12.4. The first-order valence-electron chi connectivity index (χ1n) is 10.3. The Morgan fingerprint density at radius 1 is 1.05 bits per heavy atom. The number of rotatable bonds is 2. The summed E-state index contributed by atoms with van der Waals surface area (Å²) in [7, 11) is 1.44. The third kappa shape index (κ3) is 7.68. The lowest BCUT2D eigenvalue weighted by atomic mass is 10.2. The van der Waals surface area contributed by atoms with Crippen molar-refractivity contribution in [1.82, 2.24) is 19.5 Å². The lowest BCUT2D eigenvalue weighted by Gasteiger charge is -2.11. The molecule has 14 nitrogen and oxygen atoms in total. The van der Waals surface area contributed by atoms with Crippen molar-refractivity contribution in [1.29, 1.82) is 0 Å². The van der Waals surface area contributed by atoms with E-state index in [4.69, 9.17) is 30.3 Å². The van der Waals surface area contributed by atoms with Gasteiger partial charge in [0.05, 0.1) is 12.7 Å². The van der Waals surface area contributed by atoms with Gasteiger partial charge >= 0.3 is 24.3 Å². The third-order valence-corrected chi connectivity index (χ3v) is 4.53. The van der Waals surface area contributed by atoms with E-state index in [2.05, 4.69) is 25.3 Å². The number of halogens is 6. The fourth-order valence-electron chi connectivity index (χ4n) is 2.85. The molecule has 0 spiro atoms. The zero-order valence-electron chi connectivity index (χ0n) is 19.8. The highest BCUT2D eigenvalue weighted by Crippen LogP contribution is 2.36. The number of amides is 1. The number of aliphatic carboxylic acids is 2. The van der Waals surface area contributed by atoms with Crippen molar-refractivity contribution >= 4 is 40.5 Å². The first kappa shape index (κ1) is 31.1. The van der Waals surface area contributed by atoms with E-state index in [0.29, 0.717) is 18.6 Å². The molecule has 3 aromatic rings. The SMILES string of the molecule is COc1c(O)ccc2c3n(c(=NC(=O)c4cnc(N)nc4)nc12)CCN3.O=C(O)C(F)(F)F.O=C(O)C(F)(F)F. The van der Waals surface area contributed by atoms with Crippen molar-refractivity contribution in [3.8, 4) is 11.5 Å². The van der Waals surface area contributed by atoms with Crippen LogP contribution in [0, 0.1) is 0 Å². The van der Waals surface area contributed by atoms with Crippen molar-refractivity contribution in [3.63, 3.8) is 0 Å². The summed E-state index contributed by atoms with van der Waals surface area (Å²) in [5.74, 6) is -5.05. The van der Waals surface area contributed by atoms with E-state index in [9.17, 15) is 36.2 Å². The van der Waals surface area contributed by atoms with Gasteiger partial charge in [-0.3, -0.25) is 9.36 Å². The van der Waals surface area contributed by atoms with Crippen LogP contribution in [0.4, 0.5) is 38.1 Å². The fourth-order valence-corrected chi connectivity index (χ4v) is 2.85. The van der Waals surface area contributed by atoms with Gasteiger partial charge in [-0.25, -0.2) is 24.5 Å². The summed E-state index contributed by atoms with van der Waals surface area (Å²) in [5, 5.41) is 28.3. The Morgan fingerprint density at radius 2 is 1.57 bits per heavy atom. The number of aromatic nitrogens is 4. The molecule has 216 valence electrons. The normalized spacial score (nSPS) is 12.7. The Bertz CT molecular complexity index is 1460. The quantitative estimate of drug-likeness (QED) is 0.273. The first-order chi connectivity index (χ1) is 18.5. The topological polar surface area (TPSA) is 215 Å². The molecule has 0 fully saturated rings. The Balaban J connectivity index is 0.000000333. The second-order valence-corrected chi connectivity index (χ2v) is 7.21. The molecular weight excluding hydrogens is 564 g/mol. The number of methoxy groups -OCH3 is 1. The number of fused-ring (bicyclic) bond motifs is 3. The van der Waals surface area contributed by atoms with Gasteiger partial charge in [0, 0.05) is 30.9 Å². The number of aromatic hydroxyl groups is 1. The molecule has 0 saturated heterocycles. The molecule has 6 N–H and O–H groups in total. The van der Waals surface area contributed by atoms with Crippen LogP contribution in [0.2, 0.25) is 0 Å². The van der Waals surface area contributed by atoms with Gasteiger partial charge in [0.25, 0.3) is 5.91 Å². The number of phenolic OH excluding ortho intramolecular Hbond substituents is 1. The van der Waals surface area contributed by atoms with Crippen LogP contribution in [0.3, 0.4) is 0 Å². The summed E-state index contributed by atoms with van der Waals surface area (Å²) < 4.78 is 70.5. The molecule has 3 heterocycles. The molecule has 4 rings (SSSR count). The summed E-state index contributed by atoms with van der Waals surface area (Å²) in [4.78, 5) is 46.4. The van der Waals surface area contributed by atoms with Gasteiger partial charge in [-0.2, -0.15) is 31.3 Å². The number of hydrogen-bond acceptors (Lipinski definition) is 10. The molecule has 0 saturated carbocycles. The highest BCUT2D eigenvalue weighted by atomic mass is 19.4. The zero-order chi connectivity index (χ0) is 30.4. The number of ether oxygens (including phenoxy) is 1. The number of carboxylic acids is 2. The maximum Gasteiger partial charge on any atom is 0.490 e. The molecule has 0 aliphatic carbocycles. The number of benzene rings is 1. The van der Waals surface area contributed by atoms with Crippen molar-refractivity contribution in [2.75, 3.05) is 24.7 Å². The van der Waals surface area contributed by atoms with Crippen LogP contribution in [0.5, 0.6) is 11.5 Å². The van der Waals surface area contributed by atoms with Gasteiger partial charge in [0.1, 0.15) is 11.3 Å². The van der Waals surface area contributed by atoms with E-state index < -0.39 is 30.2 Å². The van der Waals surface area contributed by atoms with Gasteiger partial charge < -0.3 is 31.1 Å². The molecule has 40 heavy (non-hydrogen) atoms. The van der Waals surface area contributed by atoms with Crippen LogP contribution < -0.4 is 21.4 Å². The van der Waals surface area contributed by atoms with Gasteiger partial charge in [-0.1, -0.05) is 0 Å². The summed E-state index contributed by atoms with van der Waals surface area (Å²) in [6, 6.07) is 3.28. The minimum atomic E-state index is -5.08. The monoisotopic (exact) mass is 581 g/mol. The third-order valence-electron chi connectivity index (χ3n) is 4.53. The van der Waals surface area contributed by atoms with Crippen LogP contribution in [0.15, 0.2) is 29.5 Å². The summed E-state index contributed by atoms with van der Waals surface area (Å²) in [6.07, 6.45) is -7.55. The van der Waals surface area contributed by atoms with Gasteiger partial charge in [0.2, 0.25) is 11.6 Å². The van der Waals surface area contributed by atoms with Crippen molar-refractivity contribution in [2.45, 2.75) is 18.9 Å². The number of carbonyl (C=O) groups excluding carboxylic acids is 1. The van der Waals surface area contributed by atoms with Gasteiger partial charge in [-0.15, -0.1) is 0 Å². The molecule has 1 aliphatic rings. The molecule has 0 unspecified atom stereocenters. The van der Waals surface area contributed by atoms with Crippen molar-refractivity contribution in [3.05, 3.63) is 35.7 Å². The van der Waals surface area contributed by atoms with Crippen LogP contribution >= 0.6 is 0 Å². The number of nitrogens with zero attached hydrogens (tertiary/aromatic N) is 5. The Kier molecular flexibility index (Phi) is 9.41. The van der Waals surface area contributed by atoms with Gasteiger partial charge in [0.15, 0.2) is 11.5 Å². The molecule has 1 amide bonds. The Morgan fingerprint density at radius 3 is 2.05 bits per heavy atom. The van der Waals surface area contributed by atoms with Crippen molar-refractivity contribution < 1.29 is 60.8 Å². The lowest BCUT2D eigenvalue weighted by Crippen LogP contribution is -2.25. The highest BCUT2D eigenvalue weighted by molar-refractivity contribution is 5.96. The number of phenols is 1. The van der Waals surface area contributed by atoms with Crippen LogP contribution in [0.1, 0.15) is 10.4 Å². The number of alkyl halides is 6. The van der Waals surface area contributed by atoms with E-state index in [1.807, 2.05) is 0 Å².